The minimum absolute atomic E-state index is 0.255. The van der Waals surface area contributed by atoms with Gasteiger partial charge in [-0.05, 0) is 18.6 Å². The van der Waals surface area contributed by atoms with Crippen molar-refractivity contribution in [2.45, 2.75) is 6.92 Å². The number of rotatable bonds is 2. The molecule has 20 heavy (non-hydrogen) atoms. The zero-order valence-corrected chi connectivity index (χ0v) is 11.4. The second-order valence-corrected chi connectivity index (χ2v) is 4.93. The molecule has 1 aliphatic rings. The smallest absolute Gasteiger partial charge is 0.147 e. The summed E-state index contributed by atoms with van der Waals surface area (Å²) in [6.07, 6.45) is 3.38. The molecule has 1 fully saturated rings. The van der Waals surface area contributed by atoms with Crippen LogP contribution in [0.2, 0.25) is 0 Å². The van der Waals surface area contributed by atoms with Crippen molar-refractivity contribution < 1.29 is 4.39 Å². The number of benzene rings is 1. The molecule has 2 aromatic rings. The zero-order chi connectivity index (χ0) is 13.9. The van der Waals surface area contributed by atoms with Gasteiger partial charge in [0.1, 0.15) is 11.6 Å². The molecule has 1 aromatic carbocycles. The topological polar surface area (TPSA) is 41.1 Å². The quantitative estimate of drug-likeness (QED) is 0.908. The van der Waals surface area contributed by atoms with Gasteiger partial charge in [-0.25, -0.2) is 9.37 Å². The van der Waals surface area contributed by atoms with E-state index >= 15 is 0 Å². The van der Waals surface area contributed by atoms with Gasteiger partial charge in [-0.3, -0.25) is 4.98 Å². The lowest BCUT2D eigenvalue weighted by Gasteiger charge is -2.28. The molecular weight excluding hydrogens is 255 g/mol. The number of nitrogens with zero attached hydrogens (tertiary/aromatic N) is 3. The first kappa shape index (κ1) is 13.0. The molecule has 0 spiro atoms. The van der Waals surface area contributed by atoms with Gasteiger partial charge in [0.2, 0.25) is 0 Å². The number of aromatic nitrogens is 2. The molecule has 0 atom stereocenters. The number of nitrogens with one attached hydrogen (secondary N) is 1. The van der Waals surface area contributed by atoms with E-state index in [1.807, 2.05) is 13.0 Å². The van der Waals surface area contributed by atoms with E-state index in [4.69, 9.17) is 0 Å². The summed E-state index contributed by atoms with van der Waals surface area (Å²) in [7, 11) is 0. The first-order valence-corrected chi connectivity index (χ1v) is 6.79. The Balaban J connectivity index is 1.89. The highest BCUT2D eigenvalue weighted by Gasteiger charge is 2.14. The second kappa shape index (κ2) is 5.54. The predicted molar refractivity (Wildman–Crippen MR) is 77.2 cm³/mol. The first-order chi connectivity index (χ1) is 9.75. The minimum Gasteiger partial charge on any atom is -0.353 e. The molecule has 0 radical (unpaired) electrons. The van der Waals surface area contributed by atoms with Crippen molar-refractivity contribution in [1.29, 1.82) is 0 Å². The van der Waals surface area contributed by atoms with Crippen LogP contribution < -0.4 is 10.2 Å². The van der Waals surface area contributed by atoms with Crippen LogP contribution >= 0.6 is 0 Å². The van der Waals surface area contributed by atoms with E-state index in [1.165, 1.54) is 6.07 Å². The maximum absolute atomic E-state index is 13.9. The molecule has 104 valence electrons. The van der Waals surface area contributed by atoms with E-state index < -0.39 is 0 Å². The lowest BCUT2D eigenvalue weighted by Crippen LogP contribution is -2.43. The van der Waals surface area contributed by atoms with Gasteiger partial charge in [0.05, 0.1) is 18.1 Å². The van der Waals surface area contributed by atoms with Crippen LogP contribution in [0.1, 0.15) is 5.56 Å². The van der Waals surface area contributed by atoms with Crippen molar-refractivity contribution in [1.82, 2.24) is 15.3 Å². The Morgan fingerprint density at radius 2 is 1.95 bits per heavy atom. The van der Waals surface area contributed by atoms with Crippen LogP contribution in [0.3, 0.4) is 0 Å². The molecule has 4 nitrogen and oxygen atoms in total. The van der Waals surface area contributed by atoms with Crippen LogP contribution in [0.25, 0.3) is 11.3 Å². The Morgan fingerprint density at radius 1 is 1.15 bits per heavy atom. The van der Waals surface area contributed by atoms with Gasteiger partial charge >= 0.3 is 0 Å². The molecule has 0 amide bonds. The first-order valence-electron chi connectivity index (χ1n) is 6.79. The van der Waals surface area contributed by atoms with Crippen molar-refractivity contribution >= 4 is 5.82 Å². The van der Waals surface area contributed by atoms with Crippen LogP contribution in [0.15, 0.2) is 30.6 Å². The van der Waals surface area contributed by atoms with Crippen LogP contribution in [-0.2, 0) is 0 Å². The summed E-state index contributed by atoms with van der Waals surface area (Å²) in [6, 6.07) is 5.04. The molecule has 1 aromatic heterocycles. The maximum atomic E-state index is 13.9. The average molecular weight is 272 g/mol. The third-order valence-electron chi connectivity index (χ3n) is 3.56. The van der Waals surface area contributed by atoms with E-state index in [1.54, 1.807) is 18.5 Å². The number of anilines is 1. The van der Waals surface area contributed by atoms with E-state index in [0.717, 1.165) is 37.6 Å². The van der Waals surface area contributed by atoms with E-state index in [0.29, 0.717) is 11.3 Å². The Hall–Kier alpha value is -2.01. The minimum atomic E-state index is -0.255. The van der Waals surface area contributed by atoms with Crippen LogP contribution in [0, 0.1) is 12.7 Å². The Labute approximate surface area is 117 Å². The van der Waals surface area contributed by atoms with Crippen LogP contribution in [0.5, 0.6) is 0 Å². The van der Waals surface area contributed by atoms with E-state index in [2.05, 4.69) is 20.2 Å². The van der Waals surface area contributed by atoms with E-state index in [9.17, 15) is 4.39 Å². The Morgan fingerprint density at radius 3 is 2.60 bits per heavy atom. The molecule has 1 saturated heterocycles. The molecule has 2 heterocycles. The van der Waals surface area contributed by atoms with Gasteiger partial charge < -0.3 is 10.2 Å². The average Bonchev–Trinajstić information content (AvgIpc) is 2.49. The van der Waals surface area contributed by atoms with Crippen molar-refractivity contribution in [2.24, 2.45) is 0 Å². The lowest BCUT2D eigenvalue weighted by atomic mass is 10.1. The summed E-state index contributed by atoms with van der Waals surface area (Å²) in [5.74, 6) is 0.596. The maximum Gasteiger partial charge on any atom is 0.147 e. The van der Waals surface area contributed by atoms with Crippen molar-refractivity contribution in [3.05, 3.63) is 42.0 Å². The third kappa shape index (κ3) is 2.49. The molecule has 0 bridgehead atoms. The Bertz CT molecular complexity index is 571. The lowest BCUT2D eigenvalue weighted by molar-refractivity contribution is 0.584. The normalized spacial score (nSPS) is 15.4. The second-order valence-electron chi connectivity index (χ2n) is 4.93. The summed E-state index contributed by atoms with van der Waals surface area (Å²) < 4.78 is 13.9. The predicted octanol–water partition coefficient (Wildman–Crippen LogP) is 2.00. The van der Waals surface area contributed by atoms with Gasteiger partial charge in [0, 0.05) is 31.7 Å². The van der Waals surface area contributed by atoms with Crippen LogP contribution in [0.4, 0.5) is 10.2 Å². The SMILES string of the molecule is Cc1cccc(F)c1-c1cnc(N2CCNCC2)cn1. The fourth-order valence-corrected chi connectivity index (χ4v) is 2.46. The molecular formula is C15H17FN4. The largest absolute Gasteiger partial charge is 0.353 e. The van der Waals surface area contributed by atoms with Crippen LogP contribution in [-0.4, -0.2) is 36.1 Å². The molecule has 0 saturated carbocycles. The molecule has 1 aliphatic heterocycles. The molecule has 0 unspecified atom stereocenters. The monoisotopic (exact) mass is 272 g/mol. The van der Waals surface area contributed by atoms with Gasteiger partial charge in [-0.1, -0.05) is 12.1 Å². The highest BCUT2D eigenvalue weighted by Crippen LogP contribution is 2.24. The fraction of sp³-hybridized carbons (Fsp3) is 0.333. The van der Waals surface area contributed by atoms with Gasteiger partial charge in [-0.2, -0.15) is 0 Å². The highest BCUT2D eigenvalue weighted by atomic mass is 19.1. The summed E-state index contributed by atoms with van der Waals surface area (Å²) in [4.78, 5) is 11.0. The van der Waals surface area contributed by atoms with E-state index in [-0.39, 0.29) is 5.82 Å². The van der Waals surface area contributed by atoms with Gasteiger partial charge in [0.25, 0.3) is 0 Å². The summed E-state index contributed by atoms with van der Waals surface area (Å²) in [6.45, 7) is 5.63. The molecule has 1 N–H and O–H groups in total. The standard InChI is InChI=1S/C15H17FN4/c1-11-3-2-4-12(16)15(11)13-9-19-14(10-18-13)20-7-5-17-6-8-20/h2-4,9-10,17H,5-8H2,1H3. The number of hydrogen-bond acceptors (Lipinski definition) is 4. The fourth-order valence-electron chi connectivity index (χ4n) is 2.46. The molecule has 3 rings (SSSR count). The molecule has 5 heteroatoms. The summed E-state index contributed by atoms with van der Waals surface area (Å²) in [5.41, 5.74) is 1.99. The van der Waals surface area contributed by atoms with Crippen molar-refractivity contribution in [3.63, 3.8) is 0 Å². The van der Waals surface area contributed by atoms with Crippen molar-refractivity contribution in [2.75, 3.05) is 31.1 Å². The zero-order valence-electron chi connectivity index (χ0n) is 11.4. The molecule has 0 aliphatic carbocycles. The summed E-state index contributed by atoms with van der Waals surface area (Å²) in [5, 5.41) is 3.30. The number of halogens is 1. The number of hydrogen-bond donors (Lipinski definition) is 1. The van der Waals surface area contributed by atoms with Crippen molar-refractivity contribution in [3.8, 4) is 11.3 Å². The summed E-state index contributed by atoms with van der Waals surface area (Å²) >= 11 is 0. The number of aryl methyl sites for hydroxylation is 1. The van der Waals surface area contributed by atoms with Gasteiger partial charge in [0.15, 0.2) is 0 Å². The third-order valence-corrected chi connectivity index (χ3v) is 3.56. The number of piperazine rings is 1. The Kier molecular flexibility index (Phi) is 3.60. The van der Waals surface area contributed by atoms with Gasteiger partial charge in [-0.15, -0.1) is 0 Å². The highest BCUT2D eigenvalue weighted by molar-refractivity contribution is 5.64.